The summed E-state index contributed by atoms with van der Waals surface area (Å²) in [5.74, 6) is 0. The van der Waals surface area contributed by atoms with Gasteiger partial charge in [0.15, 0.2) is 0 Å². The molecule has 110 valence electrons. The largest absolute Gasteiger partial charge is 0.378 e. The van der Waals surface area contributed by atoms with Crippen molar-refractivity contribution in [3.8, 4) is 0 Å². The molecule has 0 spiro atoms. The molecule has 1 nitrogen and oxygen atoms in total. The maximum atomic E-state index is 5.97. The molecule has 0 heterocycles. The van der Waals surface area contributed by atoms with Gasteiger partial charge in [-0.3, -0.25) is 0 Å². The van der Waals surface area contributed by atoms with Gasteiger partial charge in [-0.2, -0.15) is 0 Å². The van der Waals surface area contributed by atoms with Crippen LogP contribution in [-0.2, 0) is 4.74 Å². The van der Waals surface area contributed by atoms with Crippen molar-refractivity contribution in [3.63, 3.8) is 0 Å². The van der Waals surface area contributed by atoms with Crippen LogP contribution in [0.1, 0.15) is 92.4 Å². The second-order valence-electron chi connectivity index (χ2n) is 6.72. The number of ether oxygens (including phenoxy) is 1. The van der Waals surface area contributed by atoms with E-state index in [9.17, 15) is 0 Å². The summed E-state index contributed by atoms with van der Waals surface area (Å²) in [6.45, 7) is 11.5. The summed E-state index contributed by atoms with van der Waals surface area (Å²) < 4.78 is 5.97. The van der Waals surface area contributed by atoms with Gasteiger partial charge in [-0.1, -0.05) is 79.6 Å². The van der Waals surface area contributed by atoms with Crippen LogP contribution in [0.25, 0.3) is 0 Å². The van der Waals surface area contributed by atoms with Crippen molar-refractivity contribution in [2.24, 2.45) is 5.41 Å². The first-order valence-electron chi connectivity index (χ1n) is 7.98. The normalized spacial score (nSPS) is 15.7. The maximum Gasteiger partial charge on any atom is 0.0726 e. The van der Waals surface area contributed by atoms with Gasteiger partial charge in [0.05, 0.1) is 5.60 Å². The van der Waals surface area contributed by atoms with Crippen LogP contribution in [0.15, 0.2) is 0 Å². The lowest BCUT2D eigenvalue weighted by Gasteiger charge is -2.44. The molecule has 0 N–H and O–H groups in total. The highest BCUT2D eigenvalue weighted by molar-refractivity contribution is 4.91. The SMILES string of the molecule is CCCCCCCCC(CCC)(OC)C(C)(C)C. The van der Waals surface area contributed by atoms with E-state index in [2.05, 4.69) is 34.6 Å². The second kappa shape index (κ2) is 8.96. The van der Waals surface area contributed by atoms with Gasteiger partial charge in [-0.25, -0.2) is 0 Å². The van der Waals surface area contributed by atoms with E-state index in [4.69, 9.17) is 4.74 Å². The lowest BCUT2D eigenvalue weighted by Crippen LogP contribution is -2.44. The molecular formula is C17H36O. The molecule has 0 rings (SSSR count). The van der Waals surface area contributed by atoms with E-state index < -0.39 is 0 Å². The van der Waals surface area contributed by atoms with Crippen LogP contribution < -0.4 is 0 Å². The van der Waals surface area contributed by atoms with Gasteiger partial charge in [0.1, 0.15) is 0 Å². The van der Waals surface area contributed by atoms with Gasteiger partial charge in [-0.05, 0) is 18.3 Å². The third-order valence-corrected chi connectivity index (χ3v) is 4.35. The van der Waals surface area contributed by atoms with Crippen molar-refractivity contribution in [3.05, 3.63) is 0 Å². The van der Waals surface area contributed by atoms with Crippen molar-refractivity contribution in [1.82, 2.24) is 0 Å². The van der Waals surface area contributed by atoms with E-state index in [-0.39, 0.29) is 11.0 Å². The highest BCUT2D eigenvalue weighted by Gasteiger charge is 2.40. The Morgan fingerprint density at radius 1 is 0.722 bits per heavy atom. The van der Waals surface area contributed by atoms with Crippen molar-refractivity contribution in [2.45, 2.75) is 98.0 Å². The van der Waals surface area contributed by atoms with Crippen LogP contribution >= 0.6 is 0 Å². The third-order valence-electron chi connectivity index (χ3n) is 4.35. The zero-order chi connectivity index (χ0) is 14.1. The molecule has 0 fully saturated rings. The quantitative estimate of drug-likeness (QED) is 0.438. The molecule has 0 aromatic rings. The number of hydrogen-bond donors (Lipinski definition) is 0. The van der Waals surface area contributed by atoms with Gasteiger partial charge in [0.25, 0.3) is 0 Å². The number of methoxy groups -OCH3 is 1. The lowest BCUT2D eigenvalue weighted by atomic mass is 9.71. The Kier molecular flexibility index (Phi) is 8.94. The van der Waals surface area contributed by atoms with E-state index in [1.807, 2.05) is 7.11 Å². The topological polar surface area (TPSA) is 9.23 Å². The minimum Gasteiger partial charge on any atom is -0.378 e. The Hall–Kier alpha value is -0.0400. The first-order valence-corrected chi connectivity index (χ1v) is 7.98. The lowest BCUT2D eigenvalue weighted by molar-refractivity contribution is -0.105. The third kappa shape index (κ3) is 5.73. The number of hydrogen-bond acceptors (Lipinski definition) is 1. The first-order chi connectivity index (χ1) is 8.43. The number of rotatable bonds is 10. The van der Waals surface area contributed by atoms with Crippen molar-refractivity contribution < 1.29 is 4.74 Å². The number of unbranched alkanes of at least 4 members (excludes halogenated alkanes) is 5. The summed E-state index contributed by atoms with van der Waals surface area (Å²) in [5, 5.41) is 0. The molecule has 0 aromatic carbocycles. The van der Waals surface area contributed by atoms with Gasteiger partial charge >= 0.3 is 0 Å². The molecular weight excluding hydrogens is 220 g/mol. The smallest absolute Gasteiger partial charge is 0.0726 e. The van der Waals surface area contributed by atoms with E-state index >= 15 is 0 Å². The monoisotopic (exact) mass is 256 g/mol. The molecule has 1 atom stereocenters. The van der Waals surface area contributed by atoms with Crippen LogP contribution in [0.3, 0.4) is 0 Å². The summed E-state index contributed by atoms with van der Waals surface area (Å²) in [5.41, 5.74) is 0.313. The Morgan fingerprint density at radius 3 is 1.72 bits per heavy atom. The summed E-state index contributed by atoms with van der Waals surface area (Å²) >= 11 is 0. The average molecular weight is 256 g/mol. The van der Waals surface area contributed by atoms with Crippen molar-refractivity contribution in [2.75, 3.05) is 7.11 Å². The molecule has 0 saturated heterocycles. The van der Waals surface area contributed by atoms with Crippen molar-refractivity contribution in [1.29, 1.82) is 0 Å². The molecule has 0 bridgehead atoms. The van der Waals surface area contributed by atoms with E-state index in [1.54, 1.807) is 0 Å². The van der Waals surface area contributed by atoms with Crippen LogP contribution in [-0.4, -0.2) is 12.7 Å². The molecule has 0 aliphatic carbocycles. The highest BCUT2D eigenvalue weighted by Crippen LogP contribution is 2.41. The van der Waals surface area contributed by atoms with Gasteiger partial charge < -0.3 is 4.74 Å². The molecule has 1 heteroatoms. The van der Waals surface area contributed by atoms with Crippen LogP contribution in [0.4, 0.5) is 0 Å². The molecule has 0 amide bonds. The Labute approximate surface area is 116 Å². The maximum absolute atomic E-state index is 5.97. The molecule has 0 aromatic heterocycles. The standard InChI is InChI=1S/C17H36O/c1-7-9-10-11-12-13-15-17(18-6,14-8-2)16(3,4)5/h7-15H2,1-6H3. The van der Waals surface area contributed by atoms with Crippen LogP contribution in [0.2, 0.25) is 0 Å². The minimum absolute atomic E-state index is 0.0759. The molecule has 0 aliphatic heterocycles. The van der Waals surface area contributed by atoms with E-state index in [1.165, 1.54) is 57.8 Å². The fourth-order valence-electron chi connectivity index (χ4n) is 2.98. The average Bonchev–Trinajstić information content (AvgIpc) is 2.30. The predicted octanol–water partition coefficient (Wildman–Crippen LogP) is 5.97. The minimum atomic E-state index is 0.0759. The summed E-state index contributed by atoms with van der Waals surface area (Å²) in [7, 11) is 1.90. The second-order valence-corrected chi connectivity index (χ2v) is 6.72. The zero-order valence-electron chi connectivity index (χ0n) is 13.8. The summed E-state index contributed by atoms with van der Waals surface area (Å²) in [6, 6.07) is 0. The van der Waals surface area contributed by atoms with Gasteiger partial charge in [0, 0.05) is 7.11 Å². The van der Waals surface area contributed by atoms with Crippen LogP contribution in [0, 0.1) is 5.41 Å². The highest BCUT2D eigenvalue weighted by atomic mass is 16.5. The van der Waals surface area contributed by atoms with E-state index in [0.717, 1.165) is 0 Å². The van der Waals surface area contributed by atoms with Crippen LogP contribution in [0.5, 0.6) is 0 Å². The van der Waals surface area contributed by atoms with Gasteiger partial charge in [0.2, 0.25) is 0 Å². The molecule has 0 aliphatic rings. The Morgan fingerprint density at radius 2 is 1.28 bits per heavy atom. The van der Waals surface area contributed by atoms with E-state index in [0.29, 0.717) is 0 Å². The molecule has 1 unspecified atom stereocenters. The molecule has 0 saturated carbocycles. The summed E-state index contributed by atoms with van der Waals surface area (Å²) in [6.07, 6.45) is 11.8. The Balaban J connectivity index is 4.17. The predicted molar refractivity (Wildman–Crippen MR) is 82.1 cm³/mol. The summed E-state index contributed by atoms with van der Waals surface area (Å²) in [4.78, 5) is 0. The molecule has 18 heavy (non-hydrogen) atoms. The van der Waals surface area contributed by atoms with Crippen molar-refractivity contribution >= 4 is 0 Å². The fourth-order valence-corrected chi connectivity index (χ4v) is 2.98. The van der Waals surface area contributed by atoms with Gasteiger partial charge in [-0.15, -0.1) is 0 Å². The fraction of sp³-hybridized carbons (Fsp3) is 1.00. The zero-order valence-corrected chi connectivity index (χ0v) is 13.8. The Bertz CT molecular complexity index is 192. The molecule has 0 radical (unpaired) electrons. The first kappa shape index (κ1) is 18.0.